The third kappa shape index (κ3) is 5.43. The minimum atomic E-state index is -0.554. The highest BCUT2D eigenvalue weighted by Gasteiger charge is 2.43. The van der Waals surface area contributed by atoms with E-state index in [2.05, 4.69) is 10.6 Å². The second-order valence-corrected chi connectivity index (χ2v) is 8.96. The summed E-state index contributed by atoms with van der Waals surface area (Å²) < 4.78 is 12.5. The molecule has 1 aliphatic carbocycles. The van der Waals surface area contributed by atoms with Crippen LogP contribution >= 0.6 is 0 Å². The molecule has 158 valence electrons. The molecule has 1 atom stereocenters. The van der Waals surface area contributed by atoms with Gasteiger partial charge in [0, 0.05) is 23.6 Å². The number of nitrogens with one attached hydrogen (secondary N) is 2. The van der Waals surface area contributed by atoms with Crippen molar-refractivity contribution >= 4 is 22.9 Å². The fourth-order valence-electron chi connectivity index (χ4n) is 3.54. The van der Waals surface area contributed by atoms with E-state index in [0.29, 0.717) is 12.5 Å². The molecule has 1 saturated carbocycles. The van der Waals surface area contributed by atoms with Crippen LogP contribution in [-0.2, 0) is 16.1 Å². The number of carbonyl (C=O) groups is 2. The van der Waals surface area contributed by atoms with Crippen molar-refractivity contribution in [3.8, 4) is 5.75 Å². The third-order valence-corrected chi connectivity index (χ3v) is 5.19. The number of hydrogen-bond acceptors (Lipinski definition) is 4. The van der Waals surface area contributed by atoms with Crippen LogP contribution in [0.25, 0.3) is 10.9 Å². The Bertz CT molecular complexity index is 895. The summed E-state index contributed by atoms with van der Waals surface area (Å²) >= 11 is 0. The second kappa shape index (κ2) is 7.97. The highest BCUT2D eigenvalue weighted by molar-refractivity contribution is 5.84. The molecule has 0 aliphatic heterocycles. The van der Waals surface area contributed by atoms with Crippen LogP contribution in [0.3, 0.4) is 0 Å². The molecule has 7 nitrogen and oxygen atoms in total. The quantitative estimate of drug-likeness (QED) is 0.744. The van der Waals surface area contributed by atoms with Gasteiger partial charge in [-0.3, -0.25) is 4.79 Å². The molecule has 0 spiro atoms. The highest BCUT2D eigenvalue weighted by atomic mass is 16.6. The van der Waals surface area contributed by atoms with Gasteiger partial charge in [0.25, 0.3) is 0 Å². The SMILES string of the molecule is COc1ccc2c(ccn2CC(=O)NC(C)(CNC(=O)OC(C)(C)C)C2CC2)c1. The topological polar surface area (TPSA) is 81.6 Å². The molecule has 2 amide bonds. The highest BCUT2D eigenvalue weighted by Crippen LogP contribution is 2.39. The van der Waals surface area contributed by atoms with Crippen molar-refractivity contribution in [1.29, 1.82) is 0 Å². The van der Waals surface area contributed by atoms with Gasteiger partial charge in [-0.2, -0.15) is 0 Å². The van der Waals surface area contributed by atoms with Crippen LogP contribution in [0.15, 0.2) is 30.5 Å². The molecule has 1 aromatic heterocycles. The molecule has 1 aliphatic rings. The first-order chi connectivity index (χ1) is 13.6. The number of fused-ring (bicyclic) bond motifs is 1. The number of ether oxygens (including phenoxy) is 2. The lowest BCUT2D eigenvalue weighted by Gasteiger charge is -2.32. The van der Waals surface area contributed by atoms with E-state index in [1.54, 1.807) is 7.11 Å². The smallest absolute Gasteiger partial charge is 0.407 e. The standard InChI is InChI=1S/C22H31N3O4/c1-21(2,3)29-20(27)23-14-22(4,16-6-7-16)24-19(26)13-25-11-10-15-12-17(28-5)8-9-18(15)25/h8-12,16H,6-7,13-14H2,1-5H3,(H,23,27)(H,24,26). The second-order valence-electron chi connectivity index (χ2n) is 8.96. The van der Waals surface area contributed by atoms with Crippen LogP contribution in [0.1, 0.15) is 40.5 Å². The summed E-state index contributed by atoms with van der Waals surface area (Å²) in [4.78, 5) is 24.8. The number of methoxy groups -OCH3 is 1. The average Bonchev–Trinajstić information content (AvgIpc) is 3.42. The predicted octanol–water partition coefficient (Wildman–Crippen LogP) is 3.46. The molecule has 1 fully saturated rings. The van der Waals surface area contributed by atoms with Gasteiger partial charge in [0.15, 0.2) is 0 Å². The van der Waals surface area contributed by atoms with Gasteiger partial charge < -0.3 is 24.7 Å². The van der Waals surface area contributed by atoms with Crippen molar-refractivity contribution < 1.29 is 19.1 Å². The summed E-state index contributed by atoms with van der Waals surface area (Å²) in [6.45, 7) is 8.01. The van der Waals surface area contributed by atoms with Gasteiger partial charge in [-0.25, -0.2) is 4.79 Å². The van der Waals surface area contributed by atoms with Crippen LogP contribution in [0.5, 0.6) is 5.75 Å². The molecule has 0 radical (unpaired) electrons. The third-order valence-electron chi connectivity index (χ3n) is 5.19. The maximum Gasteiger partial charge on any atom is 0.407 e. The number of carbonyl (C=O) groups excluding carboxylic acids is 2. The van der Waals surface area contributed by atoms with Crippen molar-refractivity contribution in [2.45, 2.75) is 58.2 Å². The predicted molar refractivity (Wildman–Crippen MR) is 112 cm³/mol. The molecule has 2 N–H and O–H groups in total. The van der Waals surface area contributed by atoms with E-state index in [1.807, 2.05) is 62.7 Å². The molecule has 2 aromatic rings. The van der Waals surface area contributed by atoms with Gasteiger partial charge in [0.1, 0.15) is 17.9 Å². The Balaban J connectivity index is 1.63. The van der Waals surface area contributed by atoms with Crippen LogP contribution in [0.4, 0.5) is 4.79 Å². The lowest BCUT2D eigenvalue weighted by Crippen LogP contribution is -2.56. The Morgan fingerprint density at radius 1 is 1.17 bits per heavy atom. The zero-order valence-corrected chi connectivity index (χ0v) is 17.9. The van der Waals surface area contributed by atoms with E-state index in [0.717, 1.165) is 29.5 Å². The molecule has 1 heterocycles. The number of hydrogen-bond donors (Lipinski definition) is 2. The van der Waals surface area contributed by atoms with E-state index >= 15 is 0 Å². The molecule has 0 saturated heterocycles. The van der Waals surface area contributed by atoms with Crippen molar-refractivity contribution in [1.82, 2.24) is 15.2 Å². The molecule has 1 unspecified atom stereocenters. The number of nitrogens with zero attached hydrogens (tertiary/aromatic N) is 1. The zero-order chi connectivity index (χ0) is 21.2. The first-order valence-corrected chi connectivity index (χ1v) is 10.0. The lowest BCUT2D eigenvalue weighted by molar-refractivity contribution is -0.123. The fourth-order valence-corrected chi connectivity index (χ4v) is 3.54. The number of amides is 2. The van der Waals surface area contributed by atoms with Crippen LogP contribution in [-0.4, -0.2) is 41.4 Å². The molecule has 29 heavy (non-hydrogen) atoms. The number of rotatable bonds is 7. The van der Waals surface area contributed by atoms with Crippen molar-refractivity contribution in [2.24, 2.45) is 5.92 Å². The molecular weight excluding hydrogens is 370 g/mol. The molecular formula is C22H31N3O4. The van der Waals surface area contributed by atoms with E-state index in [-0.39, 0.29) is 12.5 Å². The van der Waals surface area contributed by atoms with E-state index < -0.39 is 17.2 Å². The van der Waals surface area contributed by atoms with E-state index in [4.69, 9.17) is 9.47 Å². The van der Waals surface area contributed by atoms with Crippen LogP contribution < -0.4 is 15.4 Å². The summed E-state index contributed by atoms with van der Waals surface area (Å²) in [7, 11) is 1.63. The zero-order valence-electron chi connectivity index (χ0n) is 17.9. The first-order valence-electron chi connectivity index (χ1n) is 10.0. The van der Waals surface area contributed by atoms with Gasteiger partial charge in [0.2, 0.25) is 5.91 Å². The summed E-state index contributed by atoms with van der Waals surface area (Å²) in [6.07, 6.45) is 3.51. The van der Waals surface area contributed by atoms with Gasteiger partial charge in [-0.05, 0) is 70.7 Å². The Labute approximate surface area is 171 Å². The van der Waals surface area contributed by atoms with Crippen LogP contribution in [0.2, 0.25) is 0 Å². The van der Waals surface area contributed by atoms with Gasteiger partial charge >= 0.3 is 6.09 Å². The van der Waals surface area contributed by atoms with E-state index in [1.165, 1.54) is 0 Å². The first kappa shape index (κ1) is 21.0. The van der Waals surface area contributed by atoms with E-state index in [9.17, 15) is 9.59 Å². The number of aromatic nitrogens is 1. The van der Waals surface area contributed by atoms with Crippen molar-refractivity contribution in [3.05, 3.63) is 30.5 Å². The fraction of sp³-hybridized carbons (Fsp3) is 0.545. The Morgan fingerprint density at radius 3 is 2.52 bits per heavy atom. The number of alkyl carbamates (subject to hydrolysis) is 1. The lowest BCUT2D eigenvalue weighted by atomic mass is 9.95. The summed E-state index contributed by atoms with van der Waals surface area (Å²) in [5.74, 6) is 1.06. The largest absolute Gasteiger partial charge is 0.497 e. The Kier molecular flexibility index (Phi) is 5.78. The van der Waals surface area contributed by atoms with Gasteiger partial charge in [-0.15, -0.1) is 0 Å². The molecule has 7 heteroatoms. The van der Waals surface area contributed by atoms with Crippen LogP contribution in [0, 0.1) is 5.92 Å². The normalized spacial score (nSPS) is 16.2. The summed E-state index contributed by atoms with van der Waals surface area (Å²) in [5, 5.41) is 6.98. The Hall–Kier alpha value is -2.70. The minimum absolute atomic E-state index is 0.0845. The Morgan fingerprint density at radius 2 is 1.90 bits per heavy atom. The average molecular weight is 402 g/mol. The monoisotopic (exact) mass is 401 g/mol. The number of benzene rings is 1. The minimum Gasteiger partial charge on any atom is -0.497 e. The maximum atomic E-state index is 12.8. The summed E-state index contributed by atoms with van der Waals surface area (Å²) in [5.41, 5.74) is -0.0808. The van der Waals surface area contributed by atoms with Gasteiger partial charge in [-0.1, -0.05) is 0 Å². The van der Waals surface area contributed by atoms with Gasteiger partial charge in [0.05, 0.1) is 12.6 Å². The molecule has 1 aromatic carbocycles. The maximum absolute atomic E-state index is 12.8. The van der Waals surface area contributed by atoms with Crippen molar-refractivity contribution in [3.63, 3.8) is 0 Å². The van der Waals surface area contributed by atoms with Crippen molar-refractivity contribution in [2.75, 3.05) is 13.7 Å². The molecule has 3 rings (SSSR count). The summed E-state index contributed by atoms with van der Waals surface area (Å²) in [6, 6.07) is 7.75. The molecule has 0 bridgehead atoms.